The Morgan fingerprint density at radius 2 is 1.94 bits per heavy atom. The van der Waals surface area contributed by atoms with E-state index < -0.39 is 0 Å². The summed E-state index contributed by atoms with van der Waals surface area (Å²) >= 11 is 12.2. The Balaban J connectivity index is 1.50. The second-order valence-corrected chi connectivity index (χ2v) is 10.2. The van der Waals surface area contributed by atoms with Gasteiger partial charge in [0, 0.05) is 48.8 Å². The number of nitrogens with zero attached hydrogens (tertiary/aromatic N) is 4. The standard InChI is InChI=1S/C27H32ClN5O2S/c1-18-16-21(19(2)33(18)23-17-20(28)7-8-24(23)34)26-25(22-6-3-4-9-29-22)30-27(36)32(26)11-5-10-31-12-14-35-15-13-31/h3-4,6-9,16-17,25-26,34H,5,10-15H2,1-2H3,(H,30,36)/t25-,26+/m0/s1. The Labute approximate surface area is 222 Å². The van der Waals surface area contributed by atoms with Crippen LogP contribution in [0.1, 0.15) is 41.1 Å². The van der Waals surface area contributed by atoms with Gasteiger partial charge in [-0.3, -0.25) is 9.88 Å². The molecule has 0 spiro atoms. The summed E-state index contributed by atoms with van der Waals surface area (Å²) in [7, 11) is 0. The van der Waals surface area contributed by atoms with E-state index in [-0.39, 0.29) is 17.8 Å². The van der Waals surface area contributed by atoms with Crippen molar-refractivity contribution in [3.05, 3.63) is 76.3 Å². The molecule has 1 aromatic carbocycles. The number of aromatic nitrogens is 2. The molecule has 2 fully saturated rings. The van der Waals surface area contributed by atoms with E-state index in [2.05, 4.69) is 44.6 Å². The number of morpholine rings is 1. The highest BCUT2D eigenvalue weighted by Gasteiger charge is 2.41. The highest BCUT2D eigenvalue weighted by Crippen LogP contribution is 2.42. The number of hydrogen-bond donors (Lipinski definition) is 2. The summed E-state index contributed by atoms with van der Waals surface area (Å²) < 4.78 is 7.56. The van der Waals surface area contributed by atoms with Gasteiger partial charge in [0.1, 0.15) is 5.75 Å². The lowest BCUT2D eigenvalue weighted by Crippen LogP contribution is -2.39. The van der Waals surface area contributed by atoms with Crippen molar-refractivity contribution >= 4 is 28.9 Å². The molecule has 190 valence electrons. The predicted molar refractivity (Wildman–Crippen MR) is 146 cm³/mol. The van der Waals surface area contributed by atoms with E-state index >= 15 is 0 Å². The Morgan fingerprint density at radius 1 is 1.14 bits per heavy atom. The maximum absolute atomic E-state index is 10.6. The van der Waals surface area contributed by atoms with E-state index in [9.17, 15) is 5.11 Å². The van der Waals surface area contributed by atoms with E-state index in [4.69, 9.17) is 28.6 Å². The molecule has 0 bridgehead atoms. The van der Waals surface area contributed by atoms with Crippen LogP contribution < -0.4 is 5.32 Å². The molecule has 9 heteroatoms. The van der Waals surface area contributed by atoms with E-state index in [0.29, 0.717) is 10.7 Å². The Hall–Kier alpha value is -2.65. The van der Waals surface area contributed by atoms with Crippen LogP contribution >= 0.6 is 23.8 Å². The van der Waals surface area contributed by atoms with E-state index in [1.54, 1.807) is 18.2 Å². The molecule has 0 saturated carbocycles. The summed E-state index contributed by atoms with van der Waals surface area (Å²) in [5, 5.41) is 15.5. The molecule has 3 aromatic rings. The van der Waals surface area contributed by atoms with Crippen molar-refractivity contribution in [2.75, 3.05) is 39.4 Å². The van der Waals surface area contributed by atoms with Crippen molar-refractivity contribution in [3.63, 3.8) is 0 Å². The second-order valence-electron chi connectivity index (χ2n) is 9.42. The van der Waals surface area contributed by atoms with Gasteiger partial charge >= 0.3 is 0 Å². The Morgan fingerprint density at radius 3 is 2.69 bits per heavy atom. The average molecular weight is 526 g/mol. The molecule has 2 aromatic heterocycles. The van der Waals surface area contributed by atoms with Crippen molar-refractivity contribution in [1.82, 2.24) is 24.7 Å². The van der Waals surface area contributed by atoms with E-state index in [1.165, 1.54) is 0 Å². The number of thiocarbonyl (C=S) groups is 1. The summed E-state index contributed by atoms with van der Waals surface area (Å²) in [4.78, 5) is 9.42. The third-order valence-corrected chi connectivity index (χ3v) is 7.73. The molecule has 0 aliphatic carbocycles. The monoisotopic (exact) mass is 525 g/mol. The molecule has 2 atom stereocenters. The van der Waals surface area contributed by atoms with Gasteiger partial charge in [-0.2, -0.15) is 0 Å². The molecule has 2 aliphatic heterocycles. The van der Waals surface area contributed by atoms with Gasteiger partial charge in [-0.15, -0.1) is 0 Å². The van der Waals surface area contributed by atoms with Gasteiger partial charge in [0.15, 0.2) is 5.11 Å². The lowest BCUT2D eigenvalue weighted by atomic mass is 9.96. The topological polar surface area (TPSA) is 65.8 Å². The third-order valence-electron chi connectivity index (χ3n) is 7.14. The molecule has 36 heavy (non-hydrogen) atoms. The van der Waals surface area contributed by atoms with Crippen LogP contribution in [-0.4, -0.2) is 69.0 Å². The normalized spacial score (nSPS) is 20.6. The van der Waals surface area contributed by atoms with Crippen molar-refractivity contribution in [3.8, 4) is 11.4 Å². The zero-order valence-electron chi connectivity index (χ0n) is 20.7. The first-order valence-electron chi connectivity index (χ1n) is 12.4. The fraction of sp³-hybridized carbons (Fsp3) is 0.407. The number of hydrogen-bond acceptors (Lipinski definition) is 5. The third kappa shape index (κ3) is 4.95. The summed E-state index contributed by atoms with van der Waals surface area (Å²) in [5.41, 5.74) is 4.84. The summed E-state index contributed by atoms with van der Waals surface area (Å²) in [6, 6.07) is 13.2. The first kappa shape index (κ1) is 25.0. The molecule has 2 N–H and O–H groups in total. The van der Waals surface area contributed by atoms with Crippen LogP contribution in [0.5, 0.6) is 5.75 Å². The fourth-order valence-corrected chi connectivity index (χ4v) is 5.91. The minimum absolute atomic E-state index is 0.0293. The first-order valence-corrected chi connectivity index (χ1v) is 13.2. The summed E-state index contributed by atoms with van der Waals surface area (Å²) in [5.74, 6) is 0.191. The van der Waals surface area contributed by atoms with E-state index in [0.717, 1.165) is 73.6 Å². The zero-order chi connectivity index (χ0) is 25.2. The molecule has 2 saturated heterocycles. The number of pyridine rings is 1. The number of nitrogens with one attached hydrogen (secondary N) is 1. The van der Waals surface area contributed by atoms with Crippen LogP contribution in [0.4, 0.5) is 0 Å². The lowest BCUT2D eigenvalue weighted by Gasteiger charge is -2.30. The van der Waals surface area contributed by atoms with Gasteiger partial charge in [0.2, 0.25) is 0 Å². The van der Waals surface area contributed by atoms with Crippen LogP contribution in [-0.2, 0) is 4.74 Å². The maximum atomic E-state index is 10.6. The molecule has 5 rings (SSSR count). The Bertz CT molecular complexity index is 1230. The molecule has 0 unspecified atom stereocenters. The smallest absolute Gasteiger partial charge is 0.170 e. The van der Waals surface area contributed by atoms with Gasteiger partial charge in [-0.1, -0.05) is 17.7 Å². The fourth-order valence-electron chi connectivity index (χ4n) is 5.41. The van der Waals surface area contributed by atoms with Crippen LogP contribution in [0.2, 0.25) is 5.02 Å². The van der Waals surface area contributed by atoms with Gasteiger partial charge in [-0.25, -0.2) is 0 Å². The van der Waals surface area contributed by atoms with Crippen molar-refractivity contribution in [1.29, 1.82) is 0 Å². The molecule has 0 radical (unpaired) electrons. The molecule has 7 nitrogen and oxygen atoms in total. The largest absolute Gasteiger partial charge is 0.506 e. The van der Waals surface area contributed by atoms with Gasteiger partial charge in [0.25, 0.3) is 0 Å². The van der Waals surface area contributed by atoms with Gasteiger partial charge in [0.05, 0.1) is 36.7 Å². The van der Waals surface area contributed by atoms with Gasteiger partial charge in [-0.05, 0) is 74.4 Å². The first-order chi connectivity index (χ1) is 17.4. The number of rotatable bonds is 7. The Kier molecular flexibility index (Phi) is 7.48. The second kappa shape index (κ2) is 10.8. The summed E-state index contributed by atoms with van der Waals surface area (Å²) in [6.07, 6.45) is 2.83. The average Bonchev–Trinajstić information content (AvgIpc) is 3.36. The number of halogens is 1. The number of aromatic hydroxyl groups is 1. The zero-order valence-corrected chi connectivity index (χ0v) is 22.2. The van der Waals surface area contributed by atoms with Gasteiger partial charge < -0.3 is 24.6 Å². The number of benzene rings is 1. The molecule has 2 aliphatic rings. The van der Waals surface area contributed by atoms with Crippen LogP contribution in [0, 0.1) is 13.8 Å². The minimum atomic E-state index is -0.0796. The minimum Gasteiger partial charge on any atom is -0.506 e. The van der Waals surface area contributed by atoms with Crippen LogP contribution in [0.3, 0.4) is 0 Å². The number of aryl methyl sites for hydroxylation is 1. The van der Waals surface area contributed by atoms with Crippen molar-refractivity contribution in [2.24, 2.45) is 0 Å². The summed E-state index contributed by atoms with van der Waals surface area (Å²) in [6.45, 7) is 9.55. The molecular weight excluding hydrogens is 494 g/mol. The van der Waals surface area contributed by atoms with Crippen molar-refractivity contribution in [2.45, 2.75) is 32.4 Å². The molecule has 0 amide bonds. The quantitative estimate of drug-likeness (QED) is 0.439. The maximum Gasteiger partial charge on any atom is 0.170 e. The van der Waals surface area contributed by atoms with Crippen molar-refractivity contribution < 1.29 is 9.84 Å². The predicted octanol–water partition coefficient (Wildman–Crippen LogP) is 4.54. The van der Waals surface area contributed by atoms with E-state index in [1.807, 2.05) is 24.4 Å². The number of phenols is 1. The molecular formula is C27H32ClN5O2S. The lowest BCUT2D eigenvalue weighted by molar-refractivity contribution is 0.0365. The number of phenolic OH excluding ortho intramolecular Hbond substituents is 1. The number of ether oxygens (including phenoxy) is 1. The highest BCUT2D eigenvalue weighted by atomic mass is 35.5. The van der Waals surface area contributed by atoms with Crippen LogP contribution in [0.15, 0.2) is 48.7 Å². The molecule has 4 heterocycles. The highest BCUT2D eigenvalue weighted by molar-refractivity contribution is 7.80. The van der Waals surface area contributed by atoms with Crippen LogP contribution in [0.25, 0.3) is 5.69 Å². The SMILES string of the molecule is Cc1cc([C@@H]2[C@H](c3ccccn3)NC(=S)N2CCCN2CCOCC2)c(C)n1-c1cc(Cl)ccc1O.